The lowest BCUT2D eigenvalue weighted by Crippen LogP contribution is -2.29. The van der Waals surface area contributed by atoms with E-state index < -0.39 is 17.7 Å². The van der Waals surface area contributed by atoms with Crippen LogP contribution in [0.4, 0.5) is 5.13 Å². The van der Waals surface area contributed by atoms with Gasteiger partial charge in [-0.05, 0) is 50.1 Å². The zero-order valence-corrected chi connectivity index (χ0v) is 22.3. The maximum atomic E-state index is 13.4. The lowest BCUT2D eigenvalue weighted by atomic mass is 9.96. The van der Waals surface area contributed by atoms with Crippen molar-refractivity contribution in [2.45, 2.75) is 33.7 Å². The molecule has 1 atom stereocenters. The minimum absolute atomic E-state index is 0.0838. The number of anilines is 1. The Labute approximate surface area is 219 Å². The van der Waals surface area contributed by atoms with Gasteiger partial charge in [0.05, 0.1) is 27.9 Å². The Morgan fingerprint density at radius 1 is 1.11 bits per heavy atom. The summed E-state index contributed by atoms with van der Waals surface area (Å²) in [6, 6.07) is 9.98. The van der Waals surface area contributed by atoms with Crippen LogP contribution in [0.25, 0.3) is 11.4 Å². The SMILES string of the molecule is CC(=O)c1sc(N2C(=O)C(=O)/C(=C(/O)c3nc4c(C)cccn4c3C)C2c2cccc(Br)c2)nc1C. The van der Waals surface area contributed by atoms with E-state index in [2.05, 4.69) is 25.9 Å². The fourth-order valence-corrected chi connectivity index (χ4v) is 5.91. The number of imidazole rings is 1. The van der Waals surface area contributed by atoms with Gasteiger partial charge in [0.2, 0.25) is 0 Å². The first-order valence-electron chi connectivity index (χ1n) is 11.1. The molecule has 3 aromatic heterocycles. The Balaban J connectivity index is 1.78. The van der Waals surface area contributed by atoms with Crippen molar-refractivity contribution in [1.29, 1.82) is 0 Å². The third-order valence-electron chi connectivity index (χ3n) is 6.23. The molecule has 1 amide bonds. The van der Waals surface area contributed by atoms with Crippen LogP contribution in [0, 0.1) is 20.8 Å². The maximum absolute atomic E-state index is 13.4. The van der Waals surface area contributed by atoms with E-state index in [4.69, 9.17) is 0 Å². The summed E-state index contributed by atoms with van der Waals surface area (Å²) >= 11 is 4.50. The number of aromatic nitrogens is 3. The number of halogens is 1. The molecule has 5 rings (SSSR count). The lowest BCUT2D eigenvalue weighted by molar-refractivity contribution is -0.132. The van der Waals surface area contributed by atoms with Gasteiger partial charge >= 0.3 is 5.91 Å². The Bertz CT molecular complexity index is 1630. The average molecular weight is 565 g/mol. The molecule has 4 aromatic rings. The number of ketones is 2. The molecule has 1 unspecified atom stereocenters. The topological polar surface area (TPSA) is 105 Å². The molecule has 4 heterocycles. The largest absolute Gasteiger partial charge is 0.505 e. The number of hydrogen-bond acceptors (Lipinski definition) is 7. The van der Waals surface area contributed by atoms with Gasteiger partial charge < -0.3 is 9.51 Å². The number of aliphatic hydroxyl groups is 1. The number of pyridine rings is 1. The molecule has 1 fully saturated rings. The molecule has 0 radical (unpaired) electrons. The normalized spacial score (nSPS) is 17.4. The summed E-state index contributed by atoms with van der Waals surface area (Å²) in [6.07, 6.45) is 1.83. The van der Waals surface area contributed by atoms with Crippen LogP contribution in [-0.2, 0) is 9.59 Å². The molecule has 1 N–H and O–H groups in total. The zero-order chi connectivity index (χ0) is 25.9. The molecule has 0 bridgehead atoms. The van der Waals surface area contributed by atoms with Gasteiger partial charge in [0.15, 0.2) is 16.7 Å². The number of carbonyl (C=O) groups excluding carboxylic acids is 3. The fourth-order valence-electron chi connectivity index (χ4n) is 4.51. The van der Waals surface area contributed by atoms with Crippen molar-refractivity contribution < 1.29 is 19.5 Å². The summed E-state index contributed by atoms with van der Waals surface area (Å²) in [6.45, 7) is 6.81. The van der Waals surface area contributed by atoms with Crippen LogP contribution in [0.5, 0.6) is 0 Å². The Kier molecular flexibility index (Phi) is 5.88. The van der Waals surface area contributed by atoms with Gasteiger partial charge in [-0.15, -0.1) is 0 Å². The Morgan fingerprint density at radius 3 is 2.50 bits per heavy atom. The number of amides is 1. The first kappa shape index (κ1) is 24.1. The second-order valence-corrected chi connectivity index (χ2v) is 10.5. The summed E-state index contributed by atoms with van der Waals surface area (Å²) in [5.74, 6) is -2.21. The van der Waals surface area contributed by atoms with Crippen molar-refractivity contribution in [3.05, 3.63) is 85.7 Å². The van der Waals surface area contributed by atoms with E-state index >= 15 is 0 Å². The molecule has 1 aliphatic heterocycles. The van der Waals surface area contributed by atoms with E-state index in [1.165, 1.54) is 11.8 Å². The highest BCUT2D eigenvalue weighted by Crippen LogP contribution is 2.44. The van der Waals surface area contributed by atoms with Crippen LogP contribution in [-0.4, -0.2) is 36.9 Å². The van der Waals surface area contributed by atoms with Crippen LogP contribution >= 0.6 is 27.3 Å². The molecule has 10 heteroatoms. The quantitative estimate of drug-likeness (QED) is 0.156. The number of fused-ring (bicyclic) bond motifs is 1. The first-order chi connectivity index (χ1) is 17.1. The third-order valence-corrected chi connectivity index (χ3v) is 7.98. The minimum atomic E-state index is -0.960. The number of carbonyl (C=O) groups is 3. The van der Waals surface area contributed by atoms with E-state index in [0.29, 0.717) is 27.5 Å². The van der Waals surface area contributed by atoms with Gasteiger partial charge in [-0.2, -0.15) is 0 Å². The standard InChI is InChI=1S/C26H21BrN4O4S/c1-12-7-6-10-30-14(3)19(29-24(12)30)21(33)18-20(16-8-5-9-17(27)11-16)31(25(35)22(18)34)26-28-13(2)23(36-26)15(4)32/h5-11,20,33H,1-4H3/b21-18+. The van der Waals surface area contributed by atoms with Crippen molar-refractivity contribution in [2.24, 2.45) is 0 Å². The number of thiazole rings is 1. The lowest BCUT2D eigenvalue weighted by Gasteiger charge is -2.23. The van der Waals surface area contributed by atoms with Gasteiger partial charge in [0, 0.05) is 17.6 Å². The van der Waals surface area contributed by atoms with Crippen LogP contribution < -0.4 is 4.90 Å². The summed E-state index contributed by atoms with van der Waals surface area (Å²) in [5, 5.41) is 11.7. The third kappa shape index (κ3) is 3.68. The number of Topliss-reactive ketones (excluding diaryl/α,β-unsaturated/α-hetero) is 2. The molecule has 0 saturated carbocycles. The van der Waals surface area contributed by atoms with E-state index in [1.54, 1.807) is 32.0 Å². The highest BCUT2D eigenvalue weighted by Gasteiger charge is 2.48. The summed E-state index contributed by atoms with van der Waals surface area (Å²) in [5.41, 5.74) is 3.39. The van der Waals surface area contributed by atoms with Crippen molar-refractivity contribution in [3.63, 3.8) is 0 Å². The summed E-state index contributed by atoms with van der Waals surface area (Å²) in [4.78, 5) is 49.6. The fraction of sp³-hybridized carbons (Fsp3) is 0.192. The van der Waals surface area contributed by atoms with Crippen molar-refractivity contribution in [2.75, 3.05) is 4.90 Å². The predicted molar refractivity (Wildman–Crippen MR) is 140 cm³/mol. The number of aryl methyl sites for hydroxylation is 3. The number of hydrogen-bond donors (Lipinski definition) is 1. The summed E-state index contributed by atoms with van der Waals surface area (Å²) in [7, 11) is 0. The van der Waals surface area contributed by atoms with Crippen LogP contribution in [0.3, 0.4) is 0 Å². The smallest absolute Gasteiger partial charge is 0.301 e. The molecule has 8 nitrogen and oxygen atoms in total. The molecule has 1 aromatic carbocycles. The van der Waals surface area contributed by atoms with Crippen LogP contribution in [0.2, 0.25) is 0 Å². The highest BCUT2D eigenvalue weighted by molar-refractivity contribution is 9.10. The molecular weight excluding hydrogens is 544 g/mol. The van der Waals surface area contributed by atoms with Crippen molar-refractivity contribution in [3.8, 4) is 0 Å². The minimum Gasteiger partial charge on any atom is -0.505 e. The first-order valence-corrected chi connectivity index (χ1v) is 12.7. The molecule has 1 saturated heterocycles. The van der Waals surface area contributed by atoms with Gasteiger partial charge in [0.1, 0.15) is 11.3 Å². The second kappa shape index (κ2) is 8.79. The molecule has 36 heavy (non-hydrogen) atoms. The zero-order valence-electron chi connectivity index (χ0n) is 19.9. The number of aliphatic hydroxyl groups excluding tert-OH is 1. The number of nitrogens with zero attached hydrogens (tertiary/aromatic N) is 4. The van der Waals surface area contributed by atoms with E-state index in [1.807, 2.05) is 35.7 Å². The highest BCUT2D eigenvalue weighted by atomic mass is 79.9. The Morgan fingerprint density at radius 2 is 1.86 bits per heavy atom. The van der Waals surface area contributed by atoms with E-state index in [-0.39, 0.29) is 27.9 Å². The van der Waals surface area contributed by atoms with E-state index in [9.17, 15) is 19.5 Å². The van der Waals surface area contributed by atoms with Crippen molar-refractivity contribution in [1.82, 2.24) is 14.4 Å². The van der Waals surface area contributed by atoms with Gasteiger partial charge in [-0.3, -0.25) is 19.3 Å². The monoisotopic (exact) mass is 564 g/mol. The maximum Gasteiger partial charge on any atom is 0.301 e. The number of benzene rings is 1. The molecule has 1 aliphatic rings. The van der Waals surface area contributed by atoms with Crippen molar-refractivity contribution >= 4 is 61.3 Å². The molecule has 0 aliphatic carbocycles. The molecule has 0 spiro atoms. The van der Waals surface area contributed by atoms with Gasteiger partial charge in [-0.25, -0.2) is 9.97 Å². The summed E-state index contributed by atoms with van der Waals surface area (Å²) < 4.78 is 2.57. The van der Waals surface area contributed by atoms with Crippen LogP contribution in [0.15, 0.2) is 52.6 Å². The van der Waals surface area contributed by atoms with Gasteiger partial charge in [0.25, 0.3) is 5.78 Å². The number of rotatable bonds is 4. The predicted octanol–water partition coefficient (Wildman–Crippen LogP) is 5.31. The van der Waals surface area contributed by atoms with Gasteiger partial charge in [-0.1, -0.05) is 45.5 Å². The Hall–Kier alpha value is -3.63. The average Bonchev–Trinajstić information content (AvgIpc) is 3.46. The molecular formula is C26H21BrN4O4S. The van der Waals surface area contributed by atoms with E-state index in [0.717, 1.165) is 21.4 Å². The van der Waals surface area contributed by atoms with Crippen LogP contribution in [0.1, 0.15) is 50.8 Å². The molecule has 182 valence electrons. The second-order valence-electron chi connectivity index (χ2n) is 8.62.